The molecule has 6 heteroatoms. The Bertz CT molecular complexity index is 577. The van der Waals surface area contributed by atoms with Gasteiger partial charge in [0.25, 0.3) is 0 Å². The van der Waals surface area contributed by atoms with Crippen LogP contribution < -0.4 is 0 Å². The largest absolute Gasteiger partial charge is 0.463 e. The number of hydrogen-bond acceptors (Lipinski definition) is 5. The van der Waals surface area contributed by atoms with Crippen LogP contribution in [0.3, 0.4) is 0 Å². The van der Waals surface area contributed by atoms with E-state index in [4.69, 9.17) is 4.74 Å². The van der Waals surface area contributed by atoms with Gasteiger partial charge in [0.1, 0.15) is 0 Å². The van der Waals surface area contributed by atoms with Gasteiger partial charge in [-0.25, -0.2) is 4.79 Å². The Morgan fingerprint density at radius 3 is 2.79 bits per heavy atom. The molecule has 0 aliphatic heterocycles. The van der Waals surface area contributed by atoms with Crippen molar-refractivity contribution >= 4 is 5.97 Å². The molecule has 0 N–H and O–H groups in total. The van der Waals surface area contributed by atoms with E-state index in [0.717, 1.165) is 5.56 Å². The highest BCUT2D eigenvalue weighted by Gasteiger charge is 2.11. The van der Waals surface area contributed by atoms with Crippen molar-refractivity contribution in [2.45, 2.75) is 13.5 Å². The molecule has 0 bridgehead atoms. The number of benzene rings is 1. The van der Waals surface area contributed by atoms with Gasteiger partial charge in [-0.3, -0.25) is 0 Å². The van der Waals surface area contributed by atoms with E-state index in [0.29, 0.717) is 18.0 Å². The van der Waals surface area contributed by atoms with Gasteiger partial charge in [-0.05, 0) is 12.1 Å². The first-order valence-corrected chi connectivity index (χ1v) is 5.89. The number of hydrogen-bond donors (Lipinski definition) is 0. The summed E-state index contributed by atoms with van der Waals surface area (Å²) < 4.78 is 4.84. The van der Waals surface area contributed by atoms with Gasteiger partial charge in [-0.15, -0.1) is 10.2 Å². The molecule has 0 saturated heterocycles. The third kappa shape index (κ3) is 3.25. The van der Waals surface area contributed by atoms with Crippen molar-refractivity contribution in [1.29, 1.82) is 0 Å². The van der Waals surface area contributed by atoms with Crippen LogP contribution in [0, 0.1) is 0 Å². The SMILES string of the molecule is C=C(Cn1nnc(-c2ccccc2)n1)C(=O)OCC. The second kappa shape index (κ2) is 5.90. The number of carbonyl (C=O) groups excluding carboxylic acids is 1. The first-order chi connectivity index (χ1) is 9.20. The fourth-order valence-electron chi connectivity index (χ4n) is 1.48. The molecule has 1 aromatic carbocycles. The summed E-state index contributed by atoms with van der Waals surface area (Å²) in [6.07, 6.45) is 0. The van der Waals surface area contributed by atoms with Crippen LogP contribution in [0.15, 0.2) is 42.5 Å². The number of esters is 1. The quantitative estimate of drug-likeness (QED) is 0.600. The molecule has 0 aliphatic carbocycles. The monoisotopic (exact) mass is 258 g/mol. The molecule has 0 fully saturated rings. The van der Waals surface area contributed by atoms with Crippen LogP contribution >= 0.6 is 0 Å². The van der Waals surface area contributed by atoms with Gasteiger partial charge >= 0.3 is 5.97 Å². The smallest absolute Gasteiger partial charge is 0.335 e. The Balaban J connectivity index is 2.06. The van der Waals surface area contributed by atoms with Crippen molar-refractivity contribution in [2.75, 3.05) is 6.61 Å². The standard InChI is InChI=1S/C13H14N4O2/c1-3-19-13(18)10(2)9-17-15-12(14-16-17)11-7-5-4-6-8-11/h4-8H,2-3,9H2,1H3. The number of carbonyl (C=O) groups is 1. The molecular formula is C13H14N4O2. The lowest BCUT2D eigenvalue weighted by Crippen LogP contribution is -2.14. The molecule has 98 valence electrons. The maximum atomic E-state index is 11.4. The molecular weight excluding hydrogens is 244 g/mol. The fourth-order valence-corrected chi connectivity index (χ4v) is 1.48. The van der Waals surface area contributed by atoms with E-state index >= 15 is 0 Å². The number of tetrazole rings is 1. The molecule has 2 rings (SSSR count). The molecule has 19 heavy (non-hydrogen) atoms. The first kappa shape index (κ1) is 12.9. The third-order valence-electron chi connectivity index (χ3n) is 2.38. The molecule has 0 aliphatic rings. The Hall–Kier alpha value is -2.50. The number of rotatable bonds is 5. The molecule has 0 unspecified atom stereocenters. The maximum absolute atomic E-state index is 11.4. The van der Waals surface area contributed by atoms with Crippen molar-refractivity contribution < 1.29 is 9.53 Å². The average molecular weight is 258 g/mol. The lowest BCUT2D eigenvalue weighted by molar-refractivity contribution is -0.138. The number of nitrogens with zero attached hydrogens (tertiary/aromatic N) is 4. The molecule has 6 nitrogen and oxygen atoms in total. The Morgan fingerprint density at radius 1 is 1.37 bits per heavy atom. The van der Waals surface area contributed by atoms with E-state index in [9.17, 15) is 4.79 Å². The number of ether oxygens (including phenoxy) is 1. The molecule has 0 amide bonds. The van der Waals surface area contributed by atoms with Crippen LogP contribution in [-0.2, 0) is 16.1 Å². The Labute approximate surface area is 110 Å². The van der Waals surface area contributed by atoms with Crippen LogP contribution in [0.2, 0.25) is 0 Å². The van der Waals surface area contributed by atoms with Gasteiger partial charge in [0, 0.05) is 5.56 Å². The van der Waals surface area contributed by atoms with Gasteiger partial charge in [0.05, 0.1) is 18.7 Å². The fraction of sp³-hybridized carbons (Fsp3) is 0.231. The minimum absolute atomic E-state index is 0.165. The van der Waals surface area contributed by atoms with E-state index in [1.807, 2.05) is 30.3 Å². The second-order valence-corrected chi connectivity index (χ2v) is 3.83. The third-order valence-corrected chi connectivity index (χ3v) is 2.38. The van der Waals surface area contributed by atoms with Crippen LogP contribution in [0.4, 0.5) is 0 Å². The van der Waals surface area contributed by atoms with Crippen molar-refractivity contribution in [3.05, 3.63) is 42.5 Å². The molecule has 0 spiro atoms. The van der Waals surface area contributed by atoms with Gasteiger partial charge in [-0.2, -0.15) is 4.80 Å². The highest BCUT2D eigenvalue weighted by atomic mass is 16.5. The summed E-state index contributed by atoms with van der Waals surface area (Å²) in [6, 6.07) is 9.49. The zero-order chi connectivity index (χ0) is 13.7. The molecule has 2 aromatic rings. The van der Waals surface area contributed by atoms with Gasteiger partial charge in [0.15, 0.2) is 0 Å². The minimum atomic E-state index is -0.443. The van der Waals surface area contributed by atoms with Crippen LogP contribution in [0.1, 0.15) is 6.92 Å². The van der Waals surface area contributed by atoms with Gasteiger partial charge in [0.2, 0.25) is 5.82 Å². The number of aromatic nitrogens is 4. The highest BCUT2D eigenvalue weighted by Crippen LogP contribution is 2.12. The van der Waals surface area contributed by atoms with Crippen LogP contribution in [-0.4, -0.2) is 32.8 Å². The average Bonchev–Trinajstić information content (AvgIpc) is 2.88. The minimum Gasteiger partial charge on any atom is -0.463 e. The lowest BCUT2D eigenvalue weighted by Gasteiger charge is -2.03. The zero-order valence-corrected chi connectivity index (χ0v) is 10.6. The summed E-state index contributed by atoms with van der Waals surface area (Å²) in [7, 11) is 0. The molecule has 0 saturated carbocycles. The molecule has 0 atom stereocenters. The van der Waals surface area contributed by atoms with Crippen molar-refractivity contribution in [3.8, 4) is 11.4 Å². The summed E-state index contributed by atoms with van der Waals surface area (Å²) in [5, 5.41) is 12.0. The second-order valence-electron chi connectivity index (χ2n) is 3.83. The van der Waals surface area contributed by atoms with E-state index < -0.39 is 5.97 Å². The van der Waals surface area contributed by atoms with E-state index in [-0.39, 0.29) is 6.54 Å². The zero-order valence-electron chi connectivity index (χ0n) is 10.6. The highest BCUT2D eigenvalue weighted by molar-refractivity contribution is 5.87. The summed E-state index contributed by atoms with van der Waals surface area (Å²) >= 11 is 0. The predicted molar refractivity (Wildman–Crippen MR) is 69.0 cm³/mol. The summed E-state index contributed by atoms with van der Waals surface area (Å²) in [5.74, 6) is 0.0679. The van der Waals surface area contributed by atoms with Crippen LogP contribution in [0.5, 0.6) is 0 Å². The maximum Gasteiger partial charge on any atom is 0.335 e. The molecule has 1 heterocycles. The van der Waals surface area contributed by atoms with Gasteiger partial charge in [-0.1, -0.05) is 36.9 Å². The Morgan fingerprint density at radius 2 is 2.11 bits per heavy atom. The molecule has 0 radical (unpaired) electrons. The van der Waals surface area contributed by atoms with E-state index in [1.165, 1.54) is 4.80 Å². The molecule has 1 aromatic heterocycles. The first-order valence-electron chi connectivity index (χ1n) is 5.89. The topological polar surface area (TPSA) is 69.9 Å². The van der Waals surface area contributed by atoms with Crippen molar-refractivity contribution in [2.24, 2.45) is 0 Å². The predicted octanol–water partition coefficient (Wildman–Crippen LogP) is 1.46. The van der Waals surface area contributed by atoms with E-state index in [2.05, 4.69) is 22.0 Å². The van der Waals surface area contributed by atoms with Gasteiger partial charge < -0.3 is 4.74 Å². The summed E-state index contributed by atoms with van der Waals surface area (Å²) in [6.45, 7) is 5.87. The summed E-state index contributed by atoms with van der Waals surface area (Å²) in [4.78, 5) is 12.7. The van der Waals surface area contributed by atoms with Crippen LogP contribution in [0.25, 0.3) is 11.4 Å². The normalized spacial score (nSPS) is 10.2. The van der Waals surface area contributed by atoms with E-state index in [1.54, 1.807) is 6.92 Å². The van der Waals surface area contributed by atoms with Crippen molar-refractivity contribution in [1.82, 2.24) is 20.2 Å². The lowest BCUT2D eigenvalue weighted by atomic mass is 10.2. The van der Waals surface area contributed by atoms with Crippen molar-refractivity contribution in [3.63, 3.8) is 0 Å². The Kier molecular flexibility index (Phi) is 4.02. The summed E-state index contributed by atoms with van der Waals surface area (Å²) in [5.41, 5.74) is 1.16.